The van der Waals surface area contributed by atoms with E-state index in [4.69, 9.17) is 10.5 Å². The van der Waals surface area contributed by atoms with Crippen LogP contribution in [0.1, 0.15) is 20.8 Å². The minimum atomic E-state index is -0.264. The van der Waals surface area contributed by atoms with Crippen molar-refractivity contribution in [2.45, 2.75) is 26.3 Å². The predicted octanol–water partition coefficient (Wildman–Crippen LogP) is 1.27. The summed E-state index contributed by atoms with van der Waals surface area (Å²) in [6.45, 7) is 5.74. The van der Waals surface area contributed by atoms with Gasteiger partial charge in [0.1, 0.15) is 0 Å². The van der Waals surface area contributed by atoms with Crippen molar-refractivity contribution < 1.29 is 4.74 Å². The Labute approximate surface area is 56.7 Å². The Hall–Kier alpha value is -0.500. The molecule has 54 valence electrons. The summed E-state index contributed by atoms with van der Waals surface area (Å²) in [4.78, 5) is 0. The quantitative estimate of drug-likeness (QED) is 0.570. The number of nitrogens with two attached hydrogens (primary N) is 1. The number of methoxy groups -OCH3 is 1. The number of ether oxygens (including phenoxy) is 1. The van der Waals surface area contributed by atoms with Gasteiger partial charge >= 0.3 is 0 Å². The smallest absolute Gasteiger partial charge is 0.0902 e. The van der Waals surface area contributed by atoms with Gasteiger partial charge in [0.2, 0.25) is 0 Å². The summed E-state index contributed by atoms with van der Waals surface area (Å²) in [5.41, 5.74) is 5.39. The van der Waals surface area contributed by atoms with Crippen molar-refractivity contribution in [3.8, 4) is 0 Å². The lowest BCUT2D eigenvalue weighted by Crippen LogP contribution is -2.29. The summed E-state index contributed by atoms with van der Waals surface area (Å²) < 4.78 is 4.91. The fourth-order valence-corrected chi connectivity index (χ4v) is 0.583. The largest absolute Gasteiger partial charge is 0.502 e. The van der Waals surface area contributed by atoms with Gasteiger partial charge in [-0.05, 0) is 26.8 Å². The third-order valence-corrected chi connectivity index (χ3v) is 0.897. The van der Waals surface area contributed by atoms with Crippen LogP contribution in [0, 0.1) is 0 Å². The van der Waals surface area contributed by atoms with Crippen molar-refractivity contribution in [2.24, 2.45) is 5.73 Å². The van der Waals surface area contributed by atoms with E-state index >= 15 is 0 Å². The maximum absolute atomic E-state index is 5.66. The van der Waals surface area contributed by atoms with Gasteiger partial charge in [0.25, 0.3) is 0 Å². The van der Waals surface area contributed by atoms with Crippen molar-refractivity contribution in [1.29, 1.82) is 0 Å². The lowest BCUT2D eigenvalue weighted by atomic mass is 10.1. The Bertz CT molecular complexity index is 111. The van der Waals surface area contributed by atoms with E-state index < -0.39 is 0 Å². The number of rotatable bonds is 2. The second-order valence-corrected chi connectivity index (χ2v) is 2.78. The van der Waals surface area contributed by atoms with Crippen LogP contribution in [0.25, 0.3) is 0 Å². The lowest BCUT2D eigenvalue weighted by Gasteiger charge is -2.13. The third kappa shape index (κ3) is 5.37. The summed E-state index contributed by atoms with van der Waals surface area (Å²) in [5, 5.41) is 0. The molecule has 0 aliphatic heterocycles. The Balaban J connectivity index is 3.95. The highest BCUT2D eigenvalue weighted by molar-refractivity contribution is 5.02. The van der Waals surface area contributed by atoms with E-state index in [2.05, 4.69) is 0 Å². The van der Waals surface area contributed by atoms with Crippen LogP contribution in [0.5, 0.6) is 0 Å². The van der Waals surface area contributed by atoms with E-state index in [0.29, 0.717) is 0 Å². The van der Waals surface area contributed by atoms with Crippen molar-refractivity contribution in [3.63, 3.8) is 0 Å². The highest BCUT2D eigenvalue weighted by Gasteiger charge is 2.05. The van der Waals surface area contributed by atoms with Crippen molar-refractivity contribution in [2.75, 3.05) is 7.11 Å². The standard InChI is InChI=1S/C7H15NO/c1-6(9-4)5-7(2,3)8/h5H,8H2,1-4H3/b6-5+. The maximum atomic E-state index is 5.66. The molecule has 0 atom stereocenters. The van der Waals surface area contributed by atoms with E-state index in [9.17, 15) is 0 Å². The second kappa shape index (κ2) is 2.87. The lowest BCUT2D eigenvalue weighted by molar-refractivity contribution is 0.288. The first-order valence-electron chi connectivity index (χ1n) is 2.98. The van der Waals surface area contributed by atoms with Crippen LogP contribution >= 0.6 is 0 Å². The van der Waals surface area contributed by atoms with Gasteiger partial charge in [-0.3, -0.25) is 0 Å². The normalized spacial score (nSPS) is 13.7. The summed E-state index contributed by atoms with van der Waals surface area (Å²) in [6, 6.07) is 0. The van der Waals surface area contributed by atoms with Crippen LogP contribution < -0.4 is 5.73 Å². The topological polar surface area (TPSA) is 35.2 Å². The zero-order chi connectivity index (χ0) is 7.49. The van der Waals surface area contributed by atoms with E-state index in [0.717, 1.165) is 5.76 Å². The second-order valence-electron chi connectivity index (χ2n) is 2.78. The number of hydrogen-bond acceptors (Lipinski definition) is 2. The zero-order valence-corrected chi connectivity index (χ0v) is 6.56. The molecule has 2 nitrogen and oxygen atoms in total. The highest BCUT2D eigenvalue weighted by atomic mass is 16.5. The van der Waals surface area contributed by atoms with Crippen LogP contribution in [0.2, 0.25) is 0 Å². The highest BCUT2D eigenvalue weighted by Crippen LogP contribution is 2.03. The van der Waals surface area contributed by atoms with Gasteiger partial charge in [0.05, 0.1) is 12.9 Å². The van der Waals surface area contributed by atoms with E-state index in [1.54, 1.807) is 7.11 Å². The maximum Gasteiger partial charge on any atom is 0.0902 e. The molecule has 0 radical (unpaired) electrons. The van der Waals surface area contributed by atoms with Crippen LogP contribution in [-0.2, 0) is 4.74 Å². The summed E-state index contributed by atoms with van der Waals surface area (Å²) in [6.07, 6.45) is 1.88. The molecule has 0 aliphatic rings. The zero-order valence-electron chi connectivity index (χ0n) is 6.56. The first-order valence-corrected chi connectivity index (χ1v) is 2.98. The van der Waals surface area contributed by atoms with Crippen LogP contribution in [0.4, 0.5) is 0 Å². The van der Waals surface area contributed by atoms with Gasteiger partial charge in [-0.2, -0.15) is 0 Å². The molecule has 0 heterocycles. The minimum Gasteiger partial charge on any atom is -0.502 e. The van der Waals surface area contributed by atoms with Gasteiger partial charge in [-0.25, -0.2) is 0 Å². The fourth-order valence-electron chi connectivity index (χ4n) is 0.583. The molecule has 0 aliphatic carbocycles. The Morgan fingerprint density at radius 3 is 2.11 bits per heavy atom. The molecule has 0 aromatic carbocycles. The first kappa shape index (κ1) is 8.50. The van der Waals surface area contributed by atoms with Gasteiger partial charge < -0.3 is 10.5 Å². The molecular formula is C7H15NO. The molecule has 2 heteroatoms. The molecule has 0 aromatic rings. The van der Waals surface area contributed by atoms with Gasteiger partial charge in [-0.15, -0.1) is 0 Å². The molecule has 0 fully saturated rings. The van der Waals surface area contributed by atoms with Crippen LogP contribution in [0.3, 0.4) is 0 Å². The first-order chi connectivity index (χ1) is 3.95. The number of allylic oxidation sites excluding steroid dienone is 1. The Kier molecular flexibility index (Phi) is 2.71. The minimum absolute atomic E-state index is 0.264. The molecule has 0 aromatic heterocycles. The molecule has 0 saturated carbocycles. The summed E-state index contributed by atoms with van der Waals surface area (Å²) in [5.74, 6) is 0.863. The summed E-state index contributed by atoms with van der Waals surface area (Å²) in [7, 11) is 1.64. The number of hydrogen-bond donors (Lipinski definition) is 1. The Morgan fingerprint density at radius 1 is 1.56 bits per heavy atom. The molecule has 0 unspecified atom stereocenters. The van der Waals surface area contributed by atoms with Crippen LogP contribution in [0.15, 0.2) is 11.8 Å². The molecule has 2 N–H and O–H groups in total. The third-order valence-electron chi connectivity index (χ3n) is 0.897. The van der Waals surface area contributed by atoms with Crippen molar-refractivity contribution in [3.05, 3.63) is 11.8 Å². The van der Waals surface area contributed by atoms with Crippen LogP contribution in [-0.4, -0.2) is 12.6 Å². The summed E-state index contributed by atoms with van der Waals surface area (Å²) >= 11 is 0. The Morgan fingerprint density at radius 2 is 2.00 bits per heavy atom. The van der Waals surface area contributed by atoms with E-state index in [-0.39, 0.29) is 5.54 Å². The molecule has 0 saturated heterocycles. The van der Waals surface area contributed by atoms with E-state index in [1.807, 2.05) is 26.8 Å². The average molecular weight is 129 g/mol. The van der Waals surface area contributed by atoms with Crippen molar-refractivity contribution >= 4 is 0 Å². The molecule has 9 heavy (non-hydrogen) atoms. The molecule has 0 spiro atoms. The fraction of sp³-hybridized carbons (Fsp3) is 0.714. The SMILES string of the molecule is CO/C(C)=C/C(C)(C)N. The van der Waals surface area contributed by atoms with Gasteiger partial charge in [-0.1, -0.05) is 0 Å². The molecule has 0 bridgehead atoms. The average Bonchev–Trinajstić information content (AvgIpc) is 1.62. The van der Waals surface area contributed by atoms with Gasteiger partial charge in [0.15, 0.2) is 0 Å². The van der Waals surface area contributed by atoms with Gasteiger partial charge in [0, 0.05) is 5.54 Å². The monoisotopic (exact) mass is 129 g/mol. The van der Waals surface area contributed by atoms with E-state index in [1.165, 1.54) is 0 Å². The van der Waals surface area contributed by atoms with Crippen molar-refractivity contribution in [1.82, 2.24) is 0 Å². The molecule has 0 rings (SSSR count). The molecule has 0 amide bonds. The molecular weight excluding hydrogens is 114 g/mol. The predicted molar refractivity (Wildman–Crippen MR) is 39.0 cm³/mol.